The molecule has 0 aliphatic carbocycles. The van der Waals surface area contributed by atoms with Gasteiger partial charge in [0.15, 0.2) is 0 Å². The second kappa shape index (κ2) is 8.09. The summed E-state index contributed by atoms with van der Waals surface area (Å²) in [6.07, 6.45) is 1.15. The third-order valence-corrected chi connectivity index (χ3v) is 6.27. The Morgan fingerprint density at radius 2 is 1.97 bits per heavy atom. The van der Waals surface area contributed by atoms with Gasteiger partial charge in [0.1, 0.15) is 40.2 Å². The summed E-state index contributed by atoms with van der Waals surface area (Å²) in [7, 11) is -4.31. The van der Waals surface area contributed by atoms with Crippen molar-refractivity contribution in [1.29, 1.82) is 0 Å². The molecule has 160 valence electrons. The number of nitrogen functional groups attached to an aromatic ring is 1. The molecule has 0 saturated heterocycles. The fraction of sp³-hybridized carbons (Fsp3) is 0. The maximum atomic E-state index is 14.7. The Hall–Kier alpha value is -3.29. The van der Waals surface area contributed by atoms with Gasteiger partial charge >= 0.3 is 0 Å². The lowest BCUT2D eigenvalue weighted by molar-refractivity contribution is 0.473. The van der Waals surface area contributed by atoms with Crippen molar-refractivity contribution in [3.8, 4) is 22.8 Å². The minimum Gasteiger partial charge on any atom is -0.455 e. The van der Waals surface area contributed by atoms with Crippen LogP contribution in [-0.4, -0.2) is 28.0 Å². The standard InChI is InChI=1S/C17H11ClF2N6O3S2/c18-10-4-15(31(27,28)26-17-22-7-23-30-17)11(20)5-14(10)29-13-2-1-8(19)3-9(13)12-6-16(21)25-24-12/h1-7H,(H3,21,24,25)(H,22,23,26). The first-order chi connectivity index (χ1) is 14.7. The van der Waals surface area contributed by atoms with Crippen LogP contribution < -0.4 is 15.2 Å². The lowest BCUT2D eigenvalue weighted by atomic mass is 10.1. The van der Waals surface area contributed by atoms with Crippen LogP contribution in [0.2, 0.25) is 5.02 Å². The molecule has 0 fully saturated rings. The van der Waals surface area contributed by atoms with E-state index in [-0.39, 0.29) is 33.0 Å². The Balaban J connectivity index is 1.69. The number of rotatable bonds is 6. The van der Waals surface area contributed by atoms with Crippen molar-refractivity contribution in [1.82, 2.24) is 19.6 Å². The Morgan fingerprint density at radius 3 is 2.65 bits per heavy atom. The number of nitrogens with two attached hydrogens (primary N) is 1. The molecule has 4 N–H and O–H groups in total. The maximum Gasteiger partial charge on any atom is 0.266 e. The summed E-state index contributed by atoms with van der Waals surface area (Å²) in [6, 6.07) is 6.76. The first kappa shape index (κ1) is 21.0. The van der Waals surface area contributed by atoms with Crippen molar-refractivity contribution in [3.05, 3.63) is 59.4 Å². The highest BCUT2D eigenvalue weighted by molar-refractivity contribution is 7.93. The van der Waals surface area contributed by atoms with Gasteiger partial charge in [-0.05, 0) is 24.3 Å². The van der Waals surface area contributed by atoms with Gasteiger partial charge in [-0.2, -0.15) is 9.47 Å². The van der Waals surface area contributed by atoms with E-state index >= 15 is 0 Å². The Morgan fingerprint density at radius 1 is 1.16 bits per heavy atom. The van der Waals surface area contributed by atoms with E-state index in [9.17, 15) is 17.2 Å². The predicted octanol–water partition coefficient (Wildman–Crippen LogP) is 4.04. The molecule has 0 aliphatic heterocycles. The fourth-order valence-corrected chi connectivity index (χ4v) is 4.59. The first-order valence-electron chi connectivity index (χ1n) is 8.30. The number of benzene rings is 2. The summed E-state index contributed by atoms with van der Waals surface area (Å²) in [6.45, 7) is 0. The molecule has 31 heavy (non-hydrogen) atoms. The normalized spacial score (nSPS) is 11.5. The van der Waals surface area contributed by atoms with Crippen LogP contribution in [0.15, 0.2) is 47.6 Å². The zero-order valence-corrected chi connectivity index (χ0v) is 17.5. The third-order valence-electron chi connectivity index (χ3n) is 3.91. The Kier molecular flexibility index (Phi) is 5.47. The van der Waals surface area contributed by atoms with Gasteiger partial charge in [0.2, 0.25) is 5.13 Å². The number of nitrogens with one attached hydrogen (secondary N) is 2. The number of halogens is 3. The quantitative estimate of drug-likeness (QED) is 0.375. The summed E-state index contributed by atoms with van der Waals surface area (Å²) in [5.41, 5.74) is 6.18. The summed E-state index contributed by atoms with van der Waals surface area (Å²) >= 11 is 6.93. The van der Waals surface area contributed by atoms with Crippen LogP contribution in [0.3, 0.4) is 0 Å². The van der Waals surface area contributed by atoms with Gasteiger partial charge in [0.05, 0.1) is 10.7 Å². The molecular formula is C17H11ClF2N6O3S2. The van der Waals surface area contributed by atoms with Crippen molar-refractivity contribution in [3.63, 3.8) is 0 Å². The smallest absolute Gasteiger partial charge is 0.266 e. The molecule has 14 heteroatoms. The number of sulfonamides is 1. The van der Waals surface area contributed by atoms with Crippen LogP contribution in [0.25, 0.3) is 11.3 Å². The fourth-order valence-electron chi connectivity index (χ4n) is 2.58. The second-order valence-electron chi connectivity index (χ2n) is 6.01. The lowest BCUT2D eigenvalue weighted by Gasteiger charge is -2.13. The van der Waals surface area contributed by atoms with E-state index in [0.29, 0.717) is 5.69 Å². The van der Waals surface area contributed by atoms with Gasteiger partial charge in [-0.15, -0.1) is 0 Å². The molecule has 0 spiro atoms. The number of aromatic amines is 1. The maximum absolute atomic E-state index is 14.7. The van der Waals surface area contributed by atoms with Crippen LogP contribution in [0.1, 0.15) is 0 Å². The number of H-pyrrole nitrogens is 1. The molecule has 0 radical (unpaired) electrons. The summed E-state index contributed by atoms with van der Waals surface area (Å²) < 4.78 is 64.7. The summed E-state index contributed by atoms with van der Waals surface area (Å²) in [5.74, 6) is -1.59. The van der Waals surface area contributed by atoms with E-state index in [1.807, 2.05) is 0 Å². The summed E-state index contributed by atoms with van der Waals surface area (Å²) in [5, 5.41) is 6.17. The molecular weight excluding hydrogens is 474 g/mol. The molecule has 0 aliphatic rings. The van der Waals surface area contributed by atoms with E-state index in [0.717, 1.165) is 42.1 Å². The van der Waals surface area contributed by atoms with Crippen LogP contribution in [0.5, 0.6) is 11.5 Å². The van der Waals surface area contributed by atoms with Gasteiger partial charge in [-0.1, -0.05) is 11.6 Å². The van der Waals surface area contributed by atoms with Crippen molar-refractivity contribution in [2.24, 2.45) is 0 Å². The molecule has 4 aromatic rings. The average Bonchev–Trinajstić information content (AvgIpc) is 3.37. The minimum atomic E-state index is -4.31. The van der Waals surface area contributed by atoms with Crippen LogP contribution in [0.4, 0.5) is 19.7 Å². The number of hydrogen-bond donors (Lipinski definition) is 3. The van der Waals surface area contributed by atoms with Crippen molar-refractivity contribution < 1.29 is 21.9 Å². The van der Waals surface area contributed by atoms with E-state index in [1.54, 1.807) is 0 Å². The number of ether oxygens (including phenoxy) is 1. The molecule has 0 unspecified atom stereocenters. The number of nitrogens with zero attached hydrogens (tertiary/aromatic N) is 3. The van der Waals surface area contributed by atoms with Gasteiger partial charge in [0, 0.05) is 29.2 Å². The molecule has 0 saturated carbocycles. The molecule has 0 amide bonds. The molecule has 2 aromatic carbocycles. The average molecular weight is 485 g/mol. The number of anilines is 2. The van der Waals surface area contributed by atoms with Crippen molar-refractivity contribution in [2.45, 2.75) is 4.90 Å². The van der Waals surface area contributed by atoms with E-state index < -0.39 is 26.6 Å². The molecule has 0 bridgehead atoms. The second-order valence-corrected chi connectivity index (χ2v) is 8.85. The molecule has 2 aromatic heterocycles. The minimum absolute atomic E-state index is 0.0365. The topological polar surface area (TPSA) is 136 Å². The zero-order valence-electron chi connectivity index (χ0n) is 15.1. The highest BCUT2D eigenvalue weighted by Crippen LogP contribution is 2.38. The van der Waals surface area contributed by atoms with Crippen LogP contribution >= 0.6 is 23.1 Å². The van der Waals surface area contributed by atoms with E-state index in [4.69, 9.17) is 22.1 Å². The number of hydrogen-bond acceptors (Lipinski definition) is 8. The monoisotopic (exact) mass is 484 g/mol. The van der Waals surface area contributed by atoms with Crippen molar-refractivity contribution >= 4 is 44.1 Å². The van der Waals surface area contributed by atoms with Crippen LogP contribution in [0, 0.1) is 11.6 Å². The van der Waals surface area contributed by atoms with Gasteiger partial charge < -0.3 is 10.5 Å². The molecule has 0 atom stereocenters. The third kappa shape index (κ3) is 4.42. The highest BCUT2D eigenvalue weighted by Gasteiger charge is 2.24. The predicted molar refractivity (Wildman–Crippen MR) is 111 cm³/mol. The van der Waals surface area contributed by atoms with Gasteiger partial charge in [-0.3, -0.25) is 9.82 Å². The zero-order chi connectivity index (χ0) is 22.2. The number of aromatic nitrogens is 4. The van der Waals surface area contributed by atoms with Crippen LogP contribution in [-0.2, 0) is 10.0 Å². The van der Waals surface area contributed by atoms with Gasteiger partial charge in [0.25, 0.3) is 10.0 Å². The van der Waals surface area contributed by atoms with E-state index in [2.05, 4.69) is 24.3 Å². The Labute approximate surface area is 183 Å². The largest absolute Gasteiger partial charge is 0.455 e. The van der Waals surface area contributed by atoms with Gasteiger partial charge in [-0.25, -0.2) is 22.2 Å². The SMILES string of the molecule is Nc1cc(-c2cc(F)ccc2Oc2cc(F)c(S(=O)(=O)Nc3ncns3)cc2Cl)[nH]n1. The molecule has 2 heterocycles. The first-order valence-corrected chi connectivity index (χ1v) is 10.9. The summed E-state index contributed by atoms with van der Waals surface area (Å²) in [4.78, 5) is 2.98. The van der Waals surface area contributed by atoms with E-state index in [1.165, 1.54) is 12.1 Å². The molecule has 9 nitrogen and oxygen atoms in total. The lowest BCUT2D eigenvalue weighted by Crippen LogP contribution is -2.14. The highest BCUT2D eigenvalue weighted by atomic mass is 35.5. The Bertz CT molecular complexity index is 1360. The molecule has 4 rings (SSSR count). The van der Waals surface area contributed by atoms with Crippen molar-refractivity contribution in [2.75, 3.05) is 10.5 Å².